The second kappa shape index (κ2) is 4.73. The van der Waals surface area contributed by atoms with Gasteiger partial charge in [0, 0.05) is 19.3 Å². The summed E-state index contributed by atoms with van der Waals surface area (Å²) in [5.41, 5.74) is -2.05. The van der Waals surface area contributed by atoms with Crippen LogP contribution in [-0.2, 0) is 19.1 Å². The molecule has 7 heteroatoms. The summed E-state index contributed by atoms with van der Waals surface area (Å²) in [5.74, 6) is -1.06. The molecule has 1 spiro atoms. The van der Waals surface area contributed by atoms with Crippen molar-refractivity contribution < 1.29 is 29.0 Å². The molecular formula is C13H19NO6. The quantitative estimate of drug-likeness (QED) is 0.709. The molecule has 112 valence electrons. The number of imide groups is 1. The number of carbonyl (C=O) groups excluding carboxylic acids is 3. The van der Waals surface area contributed by atoms with E-state index in [-0.39, 0.29) is 25.9 Å². The number of likely N-dealkylation sites (tertiary alicyclic amines) is 1. The van der Waals surface area contributed by atoms with Crippen LogP contribution in [0, 0.1) is 0 Å². The van der Waals surface area contributed by atoms with Crippen LogP contribution in [0.1, 0.15) is 40.0 Å². The molecule has 0 radical (unpaired) electrons. The van der Waals surface area contributed by atoms with E-state index in [1.54, 1.807) is 20.8 Å². The largest absolute Gasteiger partial charge is 0.449 e. The summed E-state index contributed by atoms with van der Waals surface area (Å²) in [6, 6.07) is -0.719. The van der Waals surface area contributed by atoms with Crippen LogP contribution in [0.15, 0.2) is 0 Å². The zero-order valence-electron chi connectivity index (χ0n) is 11.8. The minimum absolute atomic E-state index is 0.118. The minimum Gasteiger partial charge on any atom is -0.449 e. The van der Waals surface area contributed by atoms with Crippen molar-refractivity contribution in [3.05, 3.63) is 0 Å². The molecule has 2 aliphatic rings. The Labute approximate surface area is 116 Å². The number of aliphatic hydroxyl groups is 1. The highest BCUT2D eigenvalue weighted by atomic mass is 16.6. The first kappa shape index (κ1) is 14.8. The van der Waals surface area contributed by atoms with Crippen molar-refractivity contribution in [3.63, 3.8) is 0 Å². The molecule has 2 saturated heterocycles. The molecule has 20 heavy (non-hydrogen) atoms. The highest BCUT2D eigenvalue weighted by Crippen LogP contribution is 2.40. The lowest BCUT2D eigenvalue weighted by Crippen LogP contribution is -2.46. The summed E-state index contributed by atoms with van der Waals surface area (Å²) < 4.78 is 10.3. The number of hydrogen-bond acceptors (Lipinski definition) is 6. The van der Waals surface area contributed by atoms with Gasteiger partial charge in [0.15, 0.2) is 5.60 Å². The summed E-state index contributed by atoms with van der Waals surface area (Å²) >= 11 is 0. The Morgan fingerprint density at radius 2 is 2.15 bits per heavy atom. The lowest BCUT2D eigenvalue weighted by atomic mass is 9.96. The van der Waals surface area contributed by atoms with E-state index in [4.69, 9.17) is 9.47 Å². The summed E-state index contributed by atoms with van der Waals surface area (Å²) in [5, 5.41) is 9.37. The molecule has 2 fully saturated rings. The normalized spacial score (nSPS) is 30.0. The molecule has 0 saturated carbocycles. The van der Waals surface area contributed by atoms with Crippen LogP contribution in [0.3, 0.4) is 0 Å². The van der Waals surface area contributed by atoms with Crippen LogP contribution in [0.2, 0.25) is 0 Å². The van der Waals surface area contributed by atoms with Gasteiger partial charge in [0.05, 0.1) is 12.6 Å². The Bertz CT molecular complexity index is 454. The maximum atomic E-state index is 12.4. The summed E-state index contributed by atoms with van der Waals surface area (Å²) in [7, 11) is 0. The Morgan fingerprint density at radius 3 is 2.60 bits per heavy atom. The van der Waals surface area contributed by atoms with Crippen LogP contribution in [0.5, 0.6) is 0 Å². The molecule has 0 aromatic heterocycles. The van der Waals surface area contributed by atoms with Gasteiger partial charge in [-0.2, -0.15) is 0 Å². The van der Waals surface area contributed by atoms with E-state index in [0.29, 0.717) is 0 Å². The van der Waals surface area contributed by atoms with E-state index in [1.165, 1.54) is 0 Å². The van der Waals surface area contributed by atoms with Crippen molar-refractivity contribution in [1.29, 1.82) is 0 Å². The predicted octanol–water partition coefficient (Wildman–Crippen LogP) is 0.591. The lowest BCUT2D eigenvalue weighted by Gasteiger charge is -2.26. The maximum Gasteiger partial charge on any atom is 0.417 e. The van der Waals surface area contributed by atoms with Crippen molar-refractivity contribution in [2.75, 3.05) is 6.61 Å². The van der Waals surface area contributed by atoms with Gasteiger partial charge in [0.1, 0.15) is 5.60 Å². The molecule has 0 bridgehead atoms. The van der Waals surface area contributed by atoms with Crippen molar-refractivity contribution in [2.24, 2.45) is 0 Å². The molecule has 0 aromatic carbocycles. The second-order valence-corrected chi connectivity index (χ2v) is 6.16. The van der Waals surface area contributed by atoms with Gasteiger partial charge in [-0.05, 0) is 20.8 Å². The average molecular weight is 285 g/mol. The van der Waals surface area contributed by atoms with Crippen molar-refractivity contribution in [2.45, 2.75) is 57.3 Å². The van der Waals surface area contributed by atoms with E-state index >= 15 is 0 Å². The number of nitrogens with zero attached hydrogens (tertiary/aromatic N) is 1. The van der Waals surface area contributed by atoms with Crippen LogP contribution < -0.4 is 0 Å². The fourth-order valence-electron chi connectivity index (χ4n) is 2.55. The molecule has 1 unspecified atom stereocenters. The van der Waals surface area contributed by atoms with Gasteiger partial charge in [-0.1, -0.05) is 0 Å². The molecule has 0 aliphatic carbocycles. The minimum atomic E-state index is -1.30. The first-order valence-electron chi connectivity index (χ1n) is 6.58. The van der Waals surface area contributed by atoms with Crippen LogP contribution in [0.25, 0.3) is 0 Å². The summed E-state index contributed by atoms with van der Waals surface area (Å²) in [6.07, 6.45) is -0.318. The third-order valence-electron chi connectivity index (χ3n) is 3.38. The predicted molar refractivity (Wildman–Crippen MR) is 66.6 cm³/mol. The van der Waals surface area contributed by atoms with Crippen molar-refractivity contribution in [1.82, 2.24) is 4.90 Å². The Balaban J connectivity index is 2.22. The zero-order chi connectivity index (χ0) is 15.1. The molecule has 0 aromatic rings. The fraction of sp³-hybridized carbons (Fsp3) is 0.769. The number of rotatable bonds is 1. The topological polar surface area (TPSA) is 93.1 Å². The SMILES string of the molecule is CC(C)(C)OC(=O)N1C(=O)[C@]2(CCC(=O)O2)CC1CO. The van der Waals surface area contributed by atoms with Crippen LogP contribution in [-0.4, -0.2) is 51.8 Å². The maximum absolute atomic E-state index is 12.4. The molecular weight excluding hydrogens is 266 g/mol. The van der Waals surface area contributed by atoms with Crippen LogP contribution in [0.4, 0.5) is 4.79 Å². The number of esters is 1. The molecule has 2 atom stereocenters. The second-order valence-electron chi connectivity index (χ2n) is 6.16. The number of carbonyl (C=O) groups is 3. The van der Waals surface area contributed by atoms with Crippen molar-refractivity contribution >= 4 is 18.0 Å². The molecule has 2 aliphatic heterocycles. The average Bonchev–Trinajstić information content (AvgIpc) is 2.80. The highest BCUT2D eigenvalue weighted by Gasteiger charge is 2.59. The monoisotopic (exact) mass is 285 g/mol. The smallest absolute Gasteiger partial charge is 0.417 e. The number of hydrogen-bond donors (Lipinski definition) is 1. The van der Waals surface area contributed by atoms with Gasteiger partial charge in [-0.25, -0.2) is 9.69 Å². The van der Waals surface area contributed by atoms with Gasteiger partial charge in [0.2, 0.25) is 0 Å². The molecule has 2 heterocycles. The van der Waals surface area contributed by atoms with E-state index in [1.807, 2.05) is 0 Å². The first-order valence-corrected chi connectivity index (χ1v) is 6.58. The Morgan fingerprint density at radius 1 is 1.50 bits per heavy atom. The van der Waals surface area contributed by atoms with E-state index in [2.05, 4.69) is 0 Å². The standard InChI is InChI=1S/C13H19NO6/c1-12(2,3)20-11(18)14-8(7-15)6-13(10(14)17)5-4-9(16)19-13/h8,15H,4-7H2,1-3H3/t8?,13-/m0/s1. The van der Waals surface area contributed by atoms with Gasteiger partial charge >= 0.3 is 12.1 Å². The van der Waals surface area contributed by atoms with E-state index in [0.717, 1.165) is 4.90 Å². The van der Waals surface area contributed by atoms with Crippen molar-refractivity contribution in [3.8, 4) is 0 Å². The van der Waals surface area contributed by atoms with E-state index in [9.17, 15) is 19.5 Å². The number of ether oxygens (including phenoxy) is 2. The Kier molecular flexibility index (Phi) is 3.49. The van der Waals surface area contributed by atoms with Gasteiger partial charge < -0.3 is 14.6 Å². The molecule has 2 rings (SSSR count). The van der Waals surface area contributed by atoms with Gasteiger partial charge in [0.25, 0.3) is 5.91 Å². The number of amides is 2. The van der Waals surface area contributed by atoms with E-state index < -0.39 is 35.2 Å². The third-order valence-corrected chi connectivity index (χ3v) is 3.38. The fourth-order valence-corrected chi connectivity index (χ4v) is 2.55. The zero-order valence-corrected chi connectivity index (χ0v) is 11.8. The highest BCUT2D eigenvalue weighted by molar-refractivity contribution is 6.01. The molecule has 7 nitrogen and oxygen atoms in total. The lowest BCUT2D eigenvalue weighted by molar-refractivity contribution is -0.158. The number of aliphatic hydroxyl groups excluding tert-OH is 1. The van der Waals surface area contributed by atoms with Gasteiger partial charge in [-0.3, -0.25) is 9.59 Å². The Hall–Kier alpha value is -1.63. The summed E-state index contributed by atoms with van der Waals surface area (Å²) in [4.78, 5) is 36.7. The first-order chi connectivity index (χ1) is 9.18. The molecule has 1 N–H and O–H groups in total. The molecule has 2 amide bonds. The third kappa shape index (κ3) is 2.49. The summed E-state index contributed by atoms with van der Waals surface area (Å²) in [6.45, 7) is 4.67. The van der Waals surface area contributed by atoms with Gasteiger partial charge in [-0.15, -0.1) is 0 Å². The van der Waals surface area contributed by atoms with Crippen LogP contribution >= 0.6 is 0 Å².